The zero-order chi connectivity index (χ0) is 43.3. The molecule has 8 bridgehead atoms. The van der Waals surface area contributed by atoms with Crippen molar-refractivity contribution < 1.29 is 28.4 Å². The van der Waals surface area contributed by atoms with Crippen LogP contribution >= 0.6 is 31.9 Å². The number of rotatable bonds is 18. The van der Waals surface area contributed by atoms with Crippen molar-refractivity contribution in [1.29, 1.82) is 0 Å². The quantitative estimate of drug-likeness (QED) is 0.0854. The first kappa shape index (κ1) is 45.1. The minimum atomic E-state index is 0.421. The summed E-state index contributed by atoms with van der Waals surface area (Å²) in [5.74, 6) is 5.14. The van der Waals surface area contributed by atoms with E-state index in [-0.39, 0.29) is 0 Å². The Morgan fingerprint density at radius 2 is 0.645 bits per heavy atom. The number of hydrogen-bond donors (Lipinski definition) is 0. The Balaban J connectivity index is 1.44. The van der Waals surface area contributed by atoms with Crippen molar-refractivity contribution in [3.05, 3.63) is 174 Å². The van der Waals surface area contributed by atoms with Gasteiger partial charge in [0.1, 0.15) is 47.7 Å². The van der Waals surface area contributed by atoms with Gasteiger partial charge in [-0.05, 0) is 84.3 Å². The summed E-state index contributed by atoms with van der Waals surface area (Å²) in [4.78, 5) is 0. The van der Waals surface area contributed by atoms with Crippen LogP contribution in [0, 0.1) is 0 Å². The van der Waals surface area contributed by atoms with Crippen LogP contribution in [0.2, 0.25) is 0 Å². The first-order valence-corrected chi connectivity index (χ1v) is 23.7. The molecule has 62 heavy (non-hydrogen) atoms. The molecule has 0 amide bonds. The Morgan fingerprint density at radius 1 is 0.355 bits per heavy atom. The van der Waals surface area contributed by atoms with Crippen LogP contribution in [0.4, 0.5) is 0 Å². The Morgan fingerprint density at radius 3 is 0.935 bits per heavy atom. The molecular formula is C54H58Br2O6. The van der Waals surface area contributed by atoms with E-state index in [1.807, 2.05) is 36.4 Å². The number of benzene rings is 6. The Bertz CT molecular complexity index is 2170. The molecule has 6 aromatic rings. The topological polar surface area (TPSA) is 55.4 Å². The smallest absolute Gasteiger partial charge is 0.126 e. The number of para-hydroxylation sites is 2. The molecule has 0 spiro atoms. The summed E-state index contributed by atoms with van der Waals surface area (Å²) in [6.45, 7) is 11.8. The summed E-state index contributed by atoms with van der Waals surface area (Å²) < 4.78 is 42.4. The molecule has 0 fully saturated rings. The number of fused-ring (bicyclic) bond motifs is 8. The standard InChI is InChI=1S/C54H58Br2O6/c1-5-23-57-51-37-17-13-18-38(51)28-44-32-48(62-36-42-16-10-12-22-50(42)56)34-46(54(44)60-26-8-4)30-40-20-14-19-39(52(40)58-24-6-2)29-45-33-47(31-43(27-37)53(45)59-25-7-3)61-35-41-15-9-11-21-49(41)55/h9-22,31-34H,5-8,23-30,35-36H2,1-4H3. The first-order valence-electron chi connectivity index (χ1n) is 22.2. The monoisotopic (exact) mass is 960 g/mol. The Labute approximate surface area is 385 Å². The Hall–Kier alpha value is -4.92. The summed E-state index contributed by atoms with van der Waals surface area (Å²) in [5.41, 5.74) is 10.7. The van der Waals surface area contributed by atoms with Crippen molar-refractivity contribution in [3.8, 4) is 34.5 Å². The molecule has 1 aliphatic rings. The van der Waals surface area contributed by atoms with Gasteiger partial charge >= 0.3 is 0 Å². The van der Waals surface area contributed by atoms with Gasteiger partial charge in [0.05, 0.1) is 26.4 Å². The minimum absolute atomic E-state index is 0.421. The molecule has 6 aromatic carbocycles. The summed E-state index contributed by atoms with van der Waals surface area (Å²) in [6, 6.07) is 38.1. The molecular weight excluding hydrogens is 904 g/mol. The van der Waals surface area contributed by atoms with Gasteiger partial charge in [-0.2, -0.15) is 0 Å². The first-order chi connectivity index (χ1) is 30.4. The molecule has 0 radical (unpaired) electrons. The lowest BCUT2D eigenvalue weighted by molar-refractivity contribution is 0.295. The molecule has 0 atom stereocenters. The lowest BCUT2D eigenvalue weighted by Crippen LogP contribution is -2.11. The molecule has 0 saturated heterocycles. The second-order valence-corrected chi connectivity index (χ2v) is 17.5. The van der Waals surface area contributed by atoms with Crippen molar-refractivity contribution in [2.24, 2.45) is 0 Å². The summed E-state index contributed by atoms with van der Waals surface area (Å²) >= 11 is 7.45. The van der Waals surface area contributed by atoms with Crippen molar-refractivity contribution in [2.45, 2.75) is 92.3 Å². The van der Waals surface area contributed by atoms with E-state index in [0.717, 1.165) is 125 Å². The van der Waals surface area contributed by atoms with E-state index in [9.17, 15) is 0 Å². The molecule has 0 heterocycles. The van der Waals surface area contributed by atoms with Crippen LogP contribution in [0.1, 0.15) is 109 Å². The SMILES string of the molecule is CCCOc1c2cccc1Cc1cc(OCc3ccccc3Br)cc(c1OCCC)Cc1cccc(c1OCCC)Cc1cc(OCc3ccccc3Br)cc(c1OCCC)C2. The van der Waals surface area contributed by atoms with Gasteiger partial charge < -0.3 is 28.4 Å². The van der Waals surface area contributed by atoms with Crippen LogP contribution in [0.5, 0.6) is 34.5 Å². The largest absolute Gasteiger partial charge is 0.493 e. The van der Waals surface area contributed by atoms with Gasteiger partial charge in [-0.15, -0.1) is 0 Å². The van der Waals surface area contributed by atoms with E-state index >= 15 is 0 Å². The highest BCUT2D eigenvalue weighted by atomic mass is 79.9. The van der Waals surface area contributed by atoms with Gasteiger partial charge in [0.15, 0.2) is 0 Å². The van der Waals surface area contributed by atoms with E-state index in [4.69, 9.17) is 28.4 Å². The number of hydrogen-bond acceptors (Lipinski definition) is 6. The molecule has 324 valence electrons. The van der Waals surface area contributed by atoms with Crippen molar-refractivity contribution in [3.63, 3.8) is 0 Å². The highest BCUT2D eigenvalue weighted by molar-refractivity contribution is 9.10. The van der Waals surface area contributed by atoms with E-state index in [1.165, 1.54) is 0 Å². The van der Waals surface area contributed by atoms with Gasteiger partial charge in [0.25, 0.3) is 0 Å². The zero-order valence-corrected chi connectivity index (χ0v) is 39.7. The van der Waals surface area contributed by atoms with Crippen molar-refractivity contribution in [2.75, 3.05) is 26.4 Å². The predicted molar refractivity (Wildman–Crippen MR) is 257 cm³/mol. The normalized spacial score (nSPS) is 12.1. The number of halogens is 2. The van der Waals surface area contributed by atoms with E-state index in [0.29, 0.717) is 65.3 Å². The molecule has 7 rings (SSSR count). The fraction of sp³-hybridized carbons (Fsp3) is 0.333. The minimum Gasteiger partial charge on any atom is -0.493 e. The zero-order valence-electron chi connectivity index (χ0n) is 36.5. The fourth-order valence-electron chi connectivity index (χ4n) is 7.90. The van der Waals surface area contributed by atoms with E-state index < -0.39 is 0 Å². The van der Waals surface area contributed by atoms with Crippen LogP contribution in [0.25, 0.3) is 0 Å². The third-order valence-electron chi connectivity index (χ3n) is 10.8. The summed E-state index contributed by atoms with van der Waals surface area (Å²) in [6.07, 6.45) is 5.88. The van der Waals surface area contributed by atoms with E-state index in [1.54, 1.807) is 0 Å². The molecule has 0 saturated carbocycles. The second-order valence-electron chi connectivity index (χ2n) is 15.8. The highest BCUT2D eigenvalue weighted by Crippen LogP contribution is 2.42. The maximum absolute atomic E-state index is 6.77. The molecule has 1 aliphatic carbocycles. The molecule has 0 N–H and O–H groups in total. The van der Waals surface area contributed by atoms with Crippen LogP contribution < -0.4 is 28.4 Å². The van der Waals surface area contributed by atoms with Gasteiger partial charge in [-0.25, -0.2) is 0 Å². The van der Waals surface area contributed by atoms with Crippen LogP contribution in [0.3, 0.4) is 0 Å². The summed E-state index contributed by atoms with van der Waals surface area (Å²) in [5, 5.41) is 0. The van der Waals surface area contributed by atoms with Gasteiger partial charge in [0, 0.05) is 68.0 Å². The molecule has 0 aromatic heterocycles. The molecule has 0 aliphatic heterocycles. The molecule has 0 unspecified atom stereocenters. The average molecular weight is 963 g/mol. The third kappa shape index (κ3) is 11.4. The van der Waals surface area contributed by atoms with Crippen molar-refractivity contribution >= 4 is 31.9 Å². The maximum atomic E-state index is 6.77. The molecule has 8 heteroatoms. The lowest BCUT2D eigenvalue weighted by atomic mass is 9.91. The maximum Gasteiger partial charge on any atom is 0.126 e. The fourth-order valence-corrected chi connectivity index (χ4v) is 8.70. The number of ether oxygens (including phenoxy) is 6. The predicted octanol–water partition coefficient (Wildman–Crippen LogP) is 14.2. The Kier molecular flexibility index (Phi) is 16.3. The van der Waals surface area contributed by atoms with Crippen molar-refractivity contribution in [1.82, 2.24) is 0 Å². The lowest BCUT2D eigenvalue weighted by Gasteiger charge is -2.24. The van der Waals surface area contributed by atoms with Crippen LogP contribution in [-0.2, 0) is 38.9 Å². The highest BCUT2D eigenvalue weighted by Gasteiger charge is 2.24. The van der Waals surface area contributed by atoms with Gasteiger partial charge in [0.2, 0.25) is 0 Å². The summed E-state index contributed by atoms with van der Waals surface area (Å²) in [7, 11) is 0. The third-order valence-corrected chi connectivity index (χ3v) is 12.4. The van der Waals surface area contributed by atoms with Gasteiger partial charge in [-0.1, -0.05) is 132 Å². The van der Waals surface area contributed by atoms with Crippen LogP contribution in [0.15, 0.2) is 118 Å². The van der Waals surface area contributed by atoms with E-state index in [2.05, 4.69) is 132 Å². The molecule has 6 nitrogen and oxygen atoms in total. The second kappa shape index (κ2) is 22.4. The van der Waals surface area contributed by atoms with Crippen LogP contribution in [-0.4, -0.2) is 26.4 Å². The van der Waals surface area contributed by atoms with Gasteiger partial charge in [-0.3, -0.25) is 0 Å². The average Bonchev–Trinajstić information content (AvgIpc) is 3.27.